The van der Waals surface area contributed by atoms with Crippen LogP contribution < -0.4 is 0 Å². The second kappa shape index (κ2) is 4.60. The van der Waals surface area contributed by atoms with Crippen LogP contribution in [-0.2, 0) is 19.1 Å². The molecule has 0 aromatic heterocycles. The topological polar surface area (TPSA) is 52.6 Å². The Morgan fingerprint density at radius 1 is 1.16 bits per heavy atom. The van der Waals surface area contributed by atoms with E-state index in [1.54, 1.807) is 12.2 Å². The standard InChI is InChI=1S/C21H24O4/c1-10(2)21-15(23)7-6-14(25-21)11-9-12-17(18(11)21)20(3,4)16-8-5-13(22)19(12)24-16/h5-8,10-11,14,16,18-19H,9H2,1-4H3/t11?,14-,16+,18?,19+,21+/m0/s1. The van der Waals surface area contributed by atoms with Crippen LogP contribution in [0, 0.1) is 23.2 Å². The summed E-state index contributed by atoms with van der Waals surface area (Å²) in [5.74, 6) is 0.461. The van der Waals surface area contributed by atoms with Gasteiger partial charge in [-0.05, 0) is 30.1 Å². The van der Waals surface area contributed by atoms with E-state index in [0.29, 0.717) is 0 Å². The molecule has 0 radical (unpaired) electrons. The molecule has 5 rings (SSSR count). The molecule has 1 fully saturated rings. The van der Waals surface area contributed by atoms with Gasteiger partial charge in [0.1, 0.15) is 11.7 Å². The summed E-state index contributed by atoms with van der Waals surface area (Å²) >= 11 is 0. The Morgan fingerprint density at radius 3 is 2.64 bits per heavy atom. The molecule has 0 amide bonds. The number of carbonyl (C=O) groups is 2. The van der Waals surface area contributed by atoms with E-state index in [0.717, 1.165) is 12.0 Å². The molecular weight excluding hydrogens is 316 g/mol. The number of ether oxygens (including phenoxy) is 2. The Hall–Kier alpha value is -1.52. The van der Waals surface area contributed by atoms with E-state index in [2.05, 4.69) is 27.7 Å². The molecular formula is C21H24O4. The molecule has 4 nitrogen and oxygen atoms in total. The monoisotopic (exact) mass is 340 g/mol. The summed E-state index contributed by atoms with van der Waals surface area (Å²) < 4.78 is 12.5. The van der Waals surface area contributed by atoms with E-state index in [-0.39, 0.29) is 46.9 Å². The first-order chi connectivity index (χ1) is 11.8. The van der Waals surface area contributed by atoms with Gasteiger partial charge in [0.15, 0.2) is 11.6 Å². The largest absolute Gasteiger partial charge is 0.358 e. The van der Waals surface area contributed by atoms with E-state index in [1.165, 1.54) is 5.57 Å². The minimum absolute atomic E-state index is 0.0331. The summed E-state index contributed by atoms with van der Waals surface area (Å²) in [6.45, 7) is 8.51. The van der Waals surface area contributed by atoms with Crippen molar-refractivity contribution in [2.75, 3.05) is 0 Å². The maximum absolute atomic E-state index is 13.0. The fourth-order valence-electron chi connectivity index (χ4n) is 6.01. The zero-order valence-corrected chi connectivity index (χ0v) is 15.1. The van der Waals surface area contributed by atoms with E-state index in [9.17, 15) is 9.59 Å². The fourth-order valence-corrected chi connectivity index (χ4v) is 6.01. The summed E-state index contributed by atoms with van der Waals surface area (Å²) in [7, 11) is 0. The summed E-state index contributed by atoms with van der Waals surface area (Å²) in [5, 5.41) is 0. The van der Waals surface area contributed by atoms with Gasteiger partial charge in [0, 0.05) is 17.3 Å². The van der Waals surface area contributed by atoms with Gasteiger partial charge in [0.2, 0.25) is 0 Å². The first-order valence-corrected chi connectivity index (χ1v) is 9.30. The second-order valence-electron chi connectivity index (χ2n) is 8.96. The molecule has 4 aliphatic heterocycles. The normalized spacial score (nSPS) is 46.0. The molecule has 1 saturated heterocycles. The van der Waals surface area contributed by atoms with Crippen molar-refractivity contribution in [3.63, 3.8) is 0 Å². The van der Waals surface area contributed by atoms with Crippen molar-refractivity contribution in [3.05, 3.63) is 35.5 Å². The average molecular weight is 340 g/mol. The van der Waals surface area contributed by atoms with Crippen molar-refractivity contribution >= 4 is 11.6 Å². The second-order valence-corrected chi connectivity index (χ2v) is 8.96. The van der Waals surface area contributed by atoms with E-state index >= 15 is 0 Å². The predicted octanol–water partition coefficient (Wildman–Crippen LogP) is 2.78. The molecule has 5 aliphatic rings. The lowest BCUT2D eigenvalue weighted by atomic mass is 9.62. The van der Waals surface area contributed by atoms with Crippen LogP contribution in [0.2, 0.25) is 0 Å². The van der Waals surface area contributed by atoms with Gasteiger partial charge in [0.05, 0.1) is 12.2 Å². The lowest BCUT2D eigenvalue weighted by molar-refractivity contribution is -0.150. The van der Waals surface area contributed by atoms with Crippen molar-refractivity contribution in [2.45, 2.75) is 58.0 Å². The van der Waals surface area contributed by atoms with E-state index < -0.39 is 11.7 Å². The van der Waals surface area contributed by atoms with Gasteiger partial charge in [0.25, 0.3) is 0 Å². The Labute approximate surface area is 147 Å². The molecule has 0 aromatic rings. The molecule has 4 heteroatoms. The SMILES string of the molecule is CC(C)[C@@]12O[C@@H](C=CC1=O)C1CC3=C(C12)C(C)(C)[C@H]1C=CC(=O)[C@@H]3O1. The average Bonchev–Trinajstić information content (AvgIpc) is 3.06. The minimum Gasteiger partial charge on any atom is -0.358 e. The van der Waals surface area contributed by atoms with E-state index in [4.69, 9.17) is 9.47 Å². The lowest BCUT2D eigenvalue weighted by Gasteiger charge is -2.48. The third-order valence-electron chi connectivity index (χ3n) is 7.13. The molecule has 0 aromatic carbocycles. The highest BCUT2D eigenvalue weighted by Crippen LogP contribution is 2.64. The number of carbonyl (C=O) groups excluding carboxylic acids is 2. The van der Waals surface area contributed by atoms with Gasteiger partial charge in [-0.15, -0.1) is 0 Å². The smallest absolute Gasteiger partial charge is 0.188 e. The molecule has 4 heterocycles. The molecule has 0 spiro atoms. The molecule has 1 aliphatic carbocycles. The fraction of sp³-hybridized carbons (Fsp3) is 0.619. The van der Waals surface area contributed by atoms with Crippen LogP contribution >= 0.6 is 0 Å². The summed E-state index contributed by atoms with van der Waals surface area (Å²) in [5.41, 5.74) is 1.33. The number of hydrogen-bond acceptors (Lipinski definition) is 4. The molecule has 6 atom stereocenters. The molecule has 132 valence electrons. The van der Waals surface area contributed by atoms with Crippen molar-refractivity contribution in [1.82, 2.24) is 0 Å². The van der Waals surface area contributed by atoms with Crippen LogP contribution in [0.5, 0.6) is 0 Å². The Kier molecular flexibility index (Phi) is 2.89. The quantitative estimate of drug-likeness (QED) is 0.689. The maximum atomic E-state index is 13.0. The van der Waals surface area contributed by atoms with Crippen LogP contribution in [0.1, 0.15) is 34.1 Å². The van der Waals surface area contributed by atoms with Gasteiger partial charge in [-0.25, -0.2) is 0 Å². The highest BCUT2D eigenvalue weighted by atomic mass is 16.5. The molecule has 4 bridgehead atoms. The van der Waals surface area contributed by atoms with Gasteiger partial charge in [-0.1, -0.05) is 45.4 Å². The maximum Gasteiger partial charge on any atom is 0.188 e. The van der Waals surface area contributed by atoms with Crippen LogP contribution in [-0.4, -0.2) is 35.5 Å². The highest BCUT2D eigenvalue weighted by molar-refractivity contribution is 6.00. The van der Waals surface area contributed by atoms with Crippen molar-refractivity contribution < 1.29 is 19.1 Å². The minimum atomic E-state index is -0.795. The third-order valence-corrected chi connectivity index (χ3v) is 7.13. The Bertz CT molecular complexity index is 784. The lowest BCUT2D eigenvalue weighted by Crippen LogP contribution is -2.54. The number of fused-ring (bicyclic) bond motifs is 9. The summed E-state index contributed by atoms with van der Waals surface area (Å²) in [6.07, 6.45) is 7.37. The van der Waals surface area contributed by atoms with E-state index in [1.807, 2.05) is 12.2 Å². The van der Waals surface area contributed by atoms with Crippen LogP contribution in [0.4, 0.5) is 0 Å². The first kappa shape index (κ1) is 15.7. The Balaban J connectivity index is 1.73. The van der Waals surface area contributed by atoms with Crippen molar-refractivity contribution in [1.29, 1.82) is 0 Å². The van der Waals surface area contributed by atoms with Crippen molar-refractivity contribution in [2.24, 2.45) is 23.2 Å². The predicted molar refractivity (Wildman–Crippen MR) is 91.8 cm³/mol. The van der Waals surface area contributed by atoms with Gasteiger partial charge < -0.3 is 9.47 Å². The van der Waals surface area contributed by atoms with Crippen LogP contribution in [0.25, 0.3) is 0 Å². The number of rotatable bonds is 1. The molecule has 2 unspecified atom stereocenters. The van der Waals surface area contributed by atoms with Crippen LogP contribution in [0.15, 0.2) is 35.5 Å². The molecule has 0 N–H and O–H groups in total. The molecule has 0 saturated carbocycles. The summed E-state index contributed by atoms with van der Waals surface area (Å²) in [4.78, 5) is 25.5. The zero-order valence-electron chi connectivity index (χ0n) is 15.1. The number of ketones is 2. The van der Waals surface area contributed by atoms with Crippen molar-refractivity contribution in [3.8, 4) is 0 Å². The first-order valence-electron chi connectivity index (χ1n) is 9.30. The zero-order chi connectivity index (χ0) is 17.7. The highest BCUT2D eigenvalue weighted by Gasteiger charge is 2.68. The third kappa shape index (κ3) is 1.65. The van der Waals surface area contributed by atoms with Gasteiger partial charge >= 0.3 is 0 Å². The van der Waals surface area contributed by atoms with Gasteiger partial charge in [-0.2, -0.15) is 0 Å². The Morgan fingerprint density at radius 2 is 1.92 bits per heavy atom. The number of hydrogen-bond donors (Lipinski definition) is 0. The summed E-state index contributed by atoms with van der Waals surface area (Å²) in [6, 6.07) is 0. The van der Waals surface area contributed by atoms with Crippen LogP contribution in [0.3, 0.4) is 0 Å². The van der Waals surface area contributed by atoms with Gasteiger partial charge in [-0.3, -0.25) is 9.59 Å². The molecule has 25 heavy (non-hydrogen) atoms.